The van der Waals surface area contributed by atoms with Crippen LogP contribution in [0.4, 0.5) is 13.2 Å². The molecule has 0 aromatic heterocycles. The number of ether oxygens (including phenoxy) is 2. The van der Waals surface area contributed by atoms with Crippen LogP contribution >= 0.6 is 0 Å². The van der Waals surface area contributed by atoms with Gasteiger partial charge in [-0.2, -0.15) is 14.0 Å². The van der Waals surface area contributed by atoms with Crippen LogP contribution in [0.2, 0.25) is 0 Å². The lowest BCUT2D eigenvalue weighted by molar-refractivity contribution is 0.0982. The standard InChI is InChI=1S/C16H10F3NO4S/c1-23-10-4-9(17)5-11(6-10)24-14-2-3-15-12(13(14)8-20)7-16(18,19)25(15,21)22/h2-6H,7H2,1H3. The maximum Gasteiger partial charge on any atom is 0.354 e. The first-order chi connectivity index (χ1) is 11.7. The Kier molecular flexibility index (Phi) is 3.88. The summed E-state index contributed by atoms with van der Waals surface area (Å²) >= 11 is 0. The first-order valence-electron chi connectivity index (χ1n) is 6.90. The normalized spacial score (nSPS) is 16.8. The molecule has 0 saturated heterocycles. The van der Waals surface area contributed by atoms with E-state index in [4.69, 9.17) is 9.47 Å². The Morgan fingerprint density at radius 1 is 1.20 bits per heavy atom. The summed E-state index contributed by atoms with van der Waals surface area (Å²) in [5, 5.41) is 5.30. The molecule has 1 aliphatic rings. The van der Waals surface area contributed by atoms with E-state index in [1.165, 1.54) is 13.2 Å². The van der Waals surface area contributed by atoms with Crippen molar-refractivity contribution < 1.29 is 31.1 Å². The molecule has 2 aromatic rings. The Balaban J connectivity index is 2.10. The Bertz CT molecular complexity index is 1010. The van der Waals surface area contributed by atoms with E-state index >= 15 is 0 Å². The molecule has 0 atom stereocenters. The van der Waals surface area contributed by atoms with Gasteiger partial charge in [-0.25, -0.2) is 12.8 Å². The summed E-state index contributed by atoms with van der Waals surface area (Å²) in [6.07, 6.45) is -1.11. The highest BCUT2D eigenvalue weighted by Gasteiger charge is 2.54. The Labute approximate surface area is 141 Å². The number of methoxy groups -OCH3 is 1. The second kappa shape index (κ2) is 5.67. The largest absolute Gasteiger partial charge is 0.497 e. The molecule has 0 spiro atoms. The third-order valence-electron chi connectivity index (χ3n) is 3.72. The Morgan fingerprint density at radius 2 is 1.88 bits per heavy atom. The van der Waals surface area contributed by atoms with Crippen LogP contribution in [0.25, 0.3) is 0 Å². The molecule has 25 heavy (non-hydrogen) atoms. The van der Waals surface area contributed by atoms with Crippen molar-refractivity contribution in [1.29, 1.82) is 5.26 Å². The van der Waals surface area contributed by atoms with Gasteiger partial charge in [-0.1, -0.05) is 0 Å². The number of nitriles is 1. The molecule has 0 amide bonds. The van der Waals surface area contributed by atoms with E-state index in [0.29, 0.717) is 0 Å². The van der Waals surface area contributed by atoms with Crippen LogP contribution in [-0.4, -0.2) is 20.8 Å². The summed E-state index contributed by atoms with van der Waals surface area (Å²) in [6.45, 7) is 0. The number of sulfone groups is 1. The third-order valence-corrected chi connectivity index (χ3v) is 5.61. The van der Waals surface area contributed by atoms with E-state index in [0.717, 1.165) is 24.3 Å². The second-order valence-corrected chi connectivity index (χ2v) is 7.32. The van der Waals surface area contributed by atoms with Crippen molar-refractivity contribution in [2.24, 2.45) is 0 Å². The number of benzene rings is 2. The van der Waals surface area contributed by atoms with Gasteiger partial charge in [-0.05, 0) is 17.7 Å². The zero-order chi connectivity index (χ0) is 18.4. The van der Waals surface area contributed by atoms with E-state index in [2.05, 4.69) is 0 Å². The predicted octanol–water partition coefficient (Wildman–Crippen LogP) is 3.42. The highest BCUT2D eigenvalue weighted by molar-refractivity contribution is 7.92. The molecular weight excluding hydrogens is 359 g/mol. The summed E-state index contributed by atoms with van der Waals surface area (Å²) in [7, 11) is -3.52. The van der Waals surface area contributed by atoms with Gasteiger partial charge >= 0.3 is 5.25 Å². The van der Waals surface area contributed by atoms with Gasteiger partial charge < -0.3 is 9.47 Å². The number of rotatable bonds is 3. The van der Waals surface area contributed by atoms with E-state index in [9.17, 15) is 26.9 Å². The van der Waals surface area contributed by atoms with E-state index in [1.807, 2.05) is 0 Å². The third kappa shape index (κ3) is 2.68. The van der Waals surface area contributed by atoms with Crippen LogP contribution in [0.1, 0.15) is 11.1 Å². The van der Waals surface area contributed by atoms with Crippen LogP contribution in [0.15, 0.2) is 35.2 Å². The fourth-order valence-electron chi connectivity index (χ4n) is 2.54. The van der Waals surface area contributed by atoms with Crippen molar-refractivity contribution in [3.05, 3.63) is 47.3 Å². The molecule has 2 aromatic carbocycles. The van der Waals surface area contributed by atoms with Crippen molar-refractivity contribution >= 4 is 9.84 Å². The van der Waals surface area contributed by atoms with Crippen LogP contribution in [-0.2, 0) is 16.3 Å². The first kappa shape index (κ1) is 17.1. The van der Waals surface area contributed by atoms with Crippen LogP contribution in [0, 0.1) is 17.1 Å². The fourth-order valence-corrected chi connectivity index (χ4v) is 3.95. The van der Waals surface area contributed by atoms with Crippen molar-refractivity contribution in [2.75, 3.05) is 7.11 Å². The summed E-state index contributed by atoms with van der Waals surface area (Å²) in [5.74, 6) is -0.686. The highest BCUT2D eigenvalue weighted by Crippen LogP contribution is 2.45. The monoisotopic (exact) mass is 369 g/mol. The first-order valence-corrected chi connectivity index (χ1v) is 8.39. The van der Waals surface area contributed by atoms with Gasteiger partial charge in [0.15, 0.2) is 0 Å². The van der Waals surface area contributed by atoms with Crippen molar-refractivity contribution in [1.82, 2.24) is 0 Å². The van der Waals surface area contributed by atoms with E-state index < -0.39 is 32.2 Å². The van der Waals surface area contributed by atoms with Crippen molar-refractivity contribution in [3.63, 3.8) is 0 Å². The van der Waals surface area contributed by atoms with Crippen LogP contribution in [0.5, 0.6) is 17.2 Å². The number of nitrogens with zero attached hydrogens (tertiary/aromatic N) is 1. The summed E-state index contributed by atoms with van der Waals surface area (Å²) in [6, 6.07) is 7.19. The quantitative estimate of drug-likeness (QED) is 0.829. The molecule has 3 rings (SSSR count). The molecule has 0 radical (unpaired) electrons. The average molecular weight is 369 g/mol. The number of alkyl halides is 2. The highest BCUT2D eigenvalue weighted by atomic mass is 32.2. The van der Waals surface area contributed by atoms with Crippen molar-refractivity contribution in [3.8, 4) is 23.3 Å². The summed E-state index contributed by atoms with van der Waals surface area (Å²) in [5.41, 5.74) is -0.644. The SMILES string of the molecule is COc1cc(F)cc(Oc2ccc3c(c2C#N)CC(F)(F)S3(=O)=O)c1. The minimum atomic E-state index is -4.84. The molecule has 0 aliphatic carbocycles. The summed E-state index contributed by atoms with van der Waals surface area (Å²) < 4.78 is 74.9. The molecule has 0 bridgehead atoms. The summed E-state index contributed by atoms with van der Waals surface area (Å²) in [4.78, 5) is -0.599. The van der Waals surface area contributed by atoms with Gasteiger partial charge in [0.05, 0.1) is 24.0 Å². The zero-order valence-corrected chi connectivity index (χ0v) is 13.5. The lowest BCUT2D eigenvalue weighted by atomic mass is 10.0. The molecule has 0 saturated carbocycles. The average Bonchev–Trinajstić information content (AvgIpc) is 2.71. The van der Waals surface area contributed by atoms with Gasteiger partial charge in [0.1, 0.15) is 29.1 Å². The molecule has 130 valence electrons. The molecule has 9 heteroatoms. The molecule has 1 aliphatic heterocycles. The Morgan fingerprint density at radius 3 is 2.52 bits per heavy atom. The molecule has 0 unspecified atom stereocenters. The fraction of sp³-hybridized carbons (Fsp3) is 0.188. The lowest BCUT2D eigenvalue weighted by Gasteiger charge is -2.11. The molecule has 0 fully saturated rings. The van der Waals surface area contributed by atoms with Crippen molar-refractivity contribution in [2.45, 2.75) is 16.6 Å². The minimum Gasteiger partial charge on any atom is -0.497 e. The smallest absolute Gasteiger partial charge is 0.354 e. The second-order valence-electron chi connectivity index (χ2n) is 5.27. The lowest BCUT2D eigenvalue weighted by Crippen LogP contribution is -2.24. The van der Waals surface area contributed by atoms with E-state index in [1.54, 1.807) is 6.07 Å². The van der Waals surface area contributed by atoms with Gasteiger partial charge in [-0.15, -0.1) is 0 Å². The zero-order valence-electron chi connectivity index (χ0n) is 12.7. The Hall–Kier alpha value is -2.73. The van der Waals surface area contributed by atoms with E-state index in [-0.39, 0.29) is 28.4 Å². The van der Waals surface area contributed by atoms with Gasteiger partial charge in [0.2, 0.25) is 9.84 Å². The minimum absolute atomic E-state index is 0.0269. The van der Waals surface area contributed by atoms with Gasteiger partial charge in [0, 0.05) is 18.2 Å². The maximum absolute atomic E-state index is 13.7. The molecule has 1 heterocycles. The van der Waals surface area contributed by atoms with Gasteiger partial charge in [-0.3, -0.25) is 0 Å². The molecule has 5 nitrogen and oxygen atoms in total. The topological polar surface area (TPSA) is 76.4 Å². The maximum atomic E-state index is 13.7. The van der Waals surface area contributed by atoms with Gasteiger partial charge in [0.25, 0.3) is 0 Å². The number of halogens is 3. The molecular formula is C16H10F3NO4S. The predicted molar refractivity (Wildman–Crippen MR) is 80.0 cm³/mol. The van der Waals surface area contributed by atoms with Crippen LogP contribution in [0.3, 0.4) is 0 Å². The number of hydrogen-bond acceptors (Lipinski definition) is 5. The number of hydrogen-bond donors (Lipinski definition) is 0. The molecule has 0 N–H and O–H groups in total. The number of fused-ring (bicyclic) bond motifs is 1. The van der Waals surface area contributed by atoms with Crippen LogP contribution < -0.4 is 9.47 Å².